The SMILES string of the molecule is CCCOc1ccc(CCC(=O)N2CCC(Oc3cccc4cccnc34)CC2)cc1. The van der Waals surface area contributed by atoms with Gasteiger partial charge in [0, 0.05) is 43.9 Å². The van der Waals surface area contributed by atoms with Gasteiger partial charge in [0.15, 0.2) is 0 Å². The van der Waals surface area contributed by atoms with Gasteiger partial charge >= 0.3 is 0 Å². The molecule has 2 aromatic carbocycles. The fraction of sp³-hybridized carbons (Fsp3) is 0.385. The molecule has 1 saturated heterocycles. The van der Waals surface area contributed by atoms with Crippen molar-refractivity contribution in [1.29, 1.82) is 0 Å². The fourth-order valence-corrected chi connectivity index (χ4v) is 3.96. The van der Waals surface area contributed by atoms with E-state index in [1.165, 1.54) is 5.56 Å². The number of fused-ring (bicyclic) bond motifs is 1. The maximum absolute atomic E-state index is 12.7. The summed E-state index contributed by atoms with van der Waals surface area (Å²) < 4.78 is 11.9. The number of hydrogen-bond acceptors (Lipinski definition) is 4. The summed E-state index contributed by atoms with van der Waals surface area (Å²) in [7, 11) is 0. The second-order valence-corrected chi connectivity index (χ2v) is 8.02. The maximum atomic E-state index is 12.7. The predicted molar refractivity (Wildman–Crippen MR) is 123 cm³/mol. The van der Waals surface area contributed by atoms with Crippen LogP contribution in [0.15, 0.2) is 60.8 Å². The molecular weight excluding hydrogens is 388 g/mol. The number of likely N-dealkylation sites (tertiary alicyclic amines) is 1. The highest BCUT2D eigenvalue weighted by atomic mass is 16.5. The first-order valence-electron chi connectivity index (χ1n) is 11.2. The molecule has 1 aliphatic rings. The van der Waals surface area contributed by atoms with Gasteiger partial charge < -0.3 is 14.4 Å². The maximum Gasteiger partial charge on any atom is 0.222 e. The molecular formula is C26H30N2O3. The number of benzene rings is 2. The zero-order valence-corrected chi connectivity index (χ0v) is 18.1. The second kappa shape index (κ2) is 10.3. The van der Waals surface area contributed by atoms with Crippen molar-refractivity contribution >= 4 is 16.8 Å². The number of nitrogens with zero attached hydrogens (tertiary/aromatic N) is 2. The third kappa shape index (κ3) is 5.54. The van der Waals surface area contributed by atoms with Gasteiger partial charge in [0.25, 0.3) is 0 Å². The second-order valence-electron chi connectivity index (χ2n) is 8.02. The number of carbonyl (C=O) groups excluding carboxylic acids is 1. The lowest BCUT2D eigenvalue weighted by molar-refractivity contribution is -0.132. The van der Waals surface area contributed by atoms with Crippen molar-refractivity contribution in [2.24, 2.45) is 0 Å². The number of piperidine rings is 1. The Hall–Kier alpha value is -3.08. The van der Waals surface area contributed by atoms with E-state index in [0.29, 0.717) is 6.42 Å². The van der Waals surface area contributed by atoms with Crippen LogP contribution in [0.5, 0.6) is 11.5 Å². The van der Waals surface area contributed by atoms with Crippen molar-refractivity contribution < 1.29 is 14.3 Å². The van der Waals surface area contributed by atoms with Crippen LogP contribution in [-0.2, 0) is 11.2 Å². The number of hydrogen-bond donors (Lipinski definition) is 0. The van der Waals surface area contributed by atoms with Crippen LogP contribution in [0, 0.1) is 0 Å². The molecule has 31 heavy (non-hydrogen) atoms. The quantitative estimate of drug-likeness (QED) is 0.515. The van der Waals surface area contributed by atoms with Gasteiger partial charge in [0.05, 0.1) is 6.61 Å². The Labute approximate surface area is 184 Å². The molecule has 1 amide bonds. The van der Waals surface area contributed by atoms with E-state index < -0.39 is 0 Å². The molecule has 3 aromatic rings. The van der Waals surface area contributed by atoms with Crippen LogP contribution in [0.2, 0.25) is 0 Å². The third-order valence-electron chi connectivity index (χ3n) is 5.71. The van der Waals surface area contributed by atoms with Gasteiger partial charge in [-0.05, 0) is 42.7 Å². The zero-order chi connectivity index (χ0) is 21.5. The summed E-state index contributed by atoms with van der Waals surface area (Å²) in [6.45, 7) is 4.31. The van der Waals surface area contributed by atoms with Crippen molar-refractivity contribution in [3.8, 4) is 11.5 Å². The molecule has 0 spiro atoms. The Kier molecular flexibility index (Phi) is 7.03. The van der Waals surface area contributed by atoms with Gasteiger partial charge in [-0.15, -0.1) is 0 Å². The van der Waals surface area contributed by atoms with Crippen LogP contribution in [0.25, 0.3) is 10.9 Å². The van der Waals surface area contributed by atoms with Gasteiger partial charge in [-0.2, -0.15) is 0 Å². The fourth-order valence-electron chi connectivity index (χ4n) is 3.96. The van der Waals surface area contributed by atoms with E-state index in [1.54, 1.807) is 6.20 Å². The molecule has 4 rings (SSSR count). The molecule has 0 N–H and O–H groups in total. The first-order chi connectivity index (χ1) is 15.2. The molecule has 162 valence electrons. The topological polar surface area (TPSA) is 51.7 Å². The summed E-state index contributed by atoms with van der Waals surface area (Å²) in [6.07, 6.45) is 5.89. The number of amides is 1. The minimum Gasteiger partial charge on any atom is -0.494 e. The highest BCUT2D eigenvalue weighted by molar-refractivity contribution is 5.84. The van der Waals surface area contributed by atoms with Gasteiger partial charge in [-0.1, -0.05) is 37.3 Å². The number of pyridine rings is 1. The summed E-state index contributed by atoms with van der Waals surface area (Å²) >= 11 is 0. The summed E-state index contributed by atoms with van der Waals surface area (Å²) in [5, 5.41) is 1.08. The standard InChI is InChI=1S/C26H30N2O3/c1-2-19-30-22-11-8-20(9-12-22)10-13-25(29)28-17-14-23(15-18-28)31-24-7-3-5-21-6-4-16-27-26(21)24/h3-9,11-12,16,23H,2,10,13-15,17-19H2,1H3. The minimum absolute atomic E-state index is 0.118. The van der Waals surface area contributed by atoms with Crippen molar-refractivity contribution in [2.45, 2.75) is 45.1 Å². The molecule has 0 saturated carbocycles. The number of para-hydroxylation sites is 1. The molecule has 0 atom stereocenters. The molecule has 0 bridgehead atoms. The highest BCUT2D eigenvalue weighted by Crippen LogP contribution is 2.26. The molecule has 1 aromatic heterocycles. The van der Waals surface area contributed by atoms with Gasteiger partial charge in [-0.25, -0.2) is 0 Å². The largest absolute Gasteiger partial charge is 0.494 e. The normalized spacial score (nSPS) is 14.5. The number of aryl methyl sites for hydroxylation is 1. The van der Waals surface area contributed by atoms with E-state index >= 15 is 0 Å². The van der Waals surface area contributed by atoms with E-state index in [2.05, 4.69) is 24.0 Å². The first-order valence-corrected chi connectivity index (χ1v) is 11.2. The minimum atomic E-state index is 0.118. The van der Waals surface area contributed by atoms with Gasteiger partial charge in [0.2, 0.25) is 5.91 Å². The van der Waals surface area contributed by atoms with E-state index in [9.17, 15) is 4.79 Å². The van der Waals surface area contributed by atoms with Crippen LogP contribution in [0.3, 0.4) is 0 Å². The summed E-state index contributed by atoms with van der Waals surface area (Å²) in [6, 6.07) is 18.1. The van der Waals surface area contributed by atoms with Crippen LogP contribution in [0.1, 0.15) is 38.2 Å². The molecule has 0 unspecified atom stereocenters. The Morgan fingerprint density at radius 1 is 1.06 bits per heavy atom. The van der Waals surface area contributed by atoms with Crippen LogP contribution in [-0.4, -0.2) is 41.6 Å². The number of aromatic nitrogens is 1. The van der Waals surface area contributed by atoms with Crippen LogP contribution < -0.4 is 9.47 Å². The summed E-state index contributed by atoms with van der Waals surface area (Å²) in [5.74, 6) is 1.94. The lowest BCUT2D eigenvalue weighted by Gasteiger charge is -2.32. The van der Waals surface area contributed by atoms with Crippen LogP contribution >= 0.6 is 0 Å². The lowest BCUT2D eigenvalue weighted by atomic mass is 10.1. The Morgan fingerprint density at radius 2 is 1.84 bits per heavy atom. The van der Waals surface area contributed by atoms with Crippen LogP contribution in [0.4, 0.5) is 0 Å². The molecule has 0 aliphatic carbocycles. The zero-order valence-electron chi connectivity index (χ0n) is 18.1. The average molecular weight is 419 g/mol. The molecule has 5 heteroatoms. The third-order valence-corrected chi connectivity index (χ3v) is 5.71. The molecule has 2 heterocycles. The average Bonchev–Trinajstić information content (AvgIpc) is 2.82. The molecule has 1 aliphatic heterocycles. The monoisotopic (exact) mass is 418 g/mol. The summed E-state index contributed by atoms with van der Waals surface area (Å²) in [5.41, 5.74) is 2.06. The molecule has 0 radical (unpaired) electrons. The molecule has 1 fully saturated rings. The van der Waals surface area contributed by atoms with Crippen molar-refractivity contribution in [3.05, 3.63) is 66.4 Å². The smallest absolute Gasteiger partial charge is 0.222 e. The number of ether oxygens (including phenoxy) is 2. The van der Waals surface area contributed by atoms with E-state index in [-0.39, 0.29) is 12.0 Å². The predicted octanol–water partition coefficient (Wildman–Crippen LogP) is 5.03. The number of rotatable bonds is 8. The Morgan fingerprint density at radius 3 is 2.61 bits per heavy atom. The Balaban J connectivity index is 1.24. The van der Waals surface area contributed by atoms with Crippen molar-refractivity contribution in [3.63, 3.8) is 0 Å². The van der Waals surface area contributed by atoms with E-state index in [1.807, 2.05) is 47.4 Å². The van der Waals surface area contributed by atoms with Crippen molar-refractivity contribution in [1.82, 2.24) is 9.88 Å². The van der Waals surface area contributed by atoms with Crippen molar-refractivity contribution in [2.75, 3.05) is 19.7 Å². The lowest BCUT2D eigenvalue weighted by Crippen LogP contribution is -2.41. The summed E-state index contributed by atoms with van der Waals surface area (Å²) in [4.78, 5) is 19.1. The van der Waals surface area contributed by atoms with E-state index in [4.69, 9.17) is 9.47 Å². The molecule has 5 nitrogen and oxygen atoms in total. The first kappa shape index (κ1) is 21.2. The number of carbonyl (C=O) groups is 1. The van der Waals surface area contributed by atoms with Gasteiger partial charge in [0.1, 0.15) is 23.1 Å². The Bertz CT molecular complexity index is 990. The van der Waals surface area contributed by atoms with Gasteiger partial charge in [-0.3, -0.25) is 9.78 Å². The van der Waals surface area contributed by atoms with E-state index in [0.717, 1.165) is 67.8 Å². The highest BCUT2D eigenvalue weighted by Gasteiger charge is 2.24.